The van der Waals surface area contributed by atoms with Gasteiger partial charge in [0.25, 0.3) is 11.7 Å². The van der Waals surface area contributed by atoms with Crippen molar-refractivity contribution in [1.82, 2.24) is 4.90 Å². The zero-order valence-corrected chi connectivity index (χ0v) is 22.8. The molecular weight excluding hydrogens is 494 g/mol. The van der Waals surface area contributed by atoms with Crippen LogP contribution in [-0.4, -0.2) is 48.1 Å². The van der Waals surface area contributed by atoms with Gasteiger partial charge in [0.1, 0.15) is 23.9 Å². The van der Waals surface area contributed by atoms with Gasteiger partial charge in [-0.1, -0.05) is 42.5 Å². The molecule has 1 saturated heterocycles. The van der Waals surface area contributed by atoms with E-state index in [2.05, 4.69) is 0 Å². The number of benzene rings is 3. The molecule has 1 aliphatic rings. The first kappa shape index (κ1) is 27.9. The van der Waals surface area contributed by atoms with Crippen molar-refractivity contribution in [2.24, 2.45) is 0 Å². The molecule has 1 unspecified atom stereocenters. The largest absolute Gasteiger partial charge is 0.507 e. The molecule has 0 radical (unpaired) electrons. The third-order valence-electron chi connectivity index (χ3n) is 6.63. The molecule has 1 atom stereocenters. The Morgan fingerprint density at radius 3 is 2.46 bits per heavy atom. The quantitative estimate of drug-likeness (QED) is 0.146. The molecule has 1 fully saturated rings. The molecule has 0 aliphatic carbocycles. The highest BCUT2D eigenvalue weighted by Crippen LogP contribution is 2.40. The van der Waals surface area contributed by atoms with E-state index in [-0.39, 0.29) is 17.4 Å². The summed E-state index contributed by atoms with van der Waals surface area (Å²) in [6.45, 7) is 6.94. The number of aliphatic hydroxyl groups is 1. The van der Waals surface area contributed by atoms with Gasteiger partial charge in [0.05, 0.1) is 24.8 Å². The van der Waals surface area contributed by atoms with Crippen LogP contribution in [0.25, 0.3) is 5.76 Å². The van der Waals surface area contributed by atoms with E-state index in [1.54, 1.807) is 43.5 Å². The maximum absolute atomic E-state index is 13.3. The highest BCUT2D eigenvalue weighted by atomic mass is 16.5. The summed E-state index contributed by atoms with van der Waals surface area (Å²) in [7, 11) is 1.56. The van der Waals surface area contributed by atoms with E-state index < -0.39 is 17.7 Å². The number of aryl methyl sites for hydroxylation is 1. The Morgan fingerprint density at radius 2 is 1.77 bits per heavy atom. The van der Waals surface area contributed by atoms with Gasteiger partial charge in [0.2, 0.25) is 0 Å². The van der Waals surface area contributed by atoms with Crippen LogP contribution in [0.5, 0.6) is 11.5 Å². The van der Waals surface area contributed by atoms with E-state index in [1.165, 1.54) is 4.90 Å². The number of nitrogens with zero attached hydrogens (tertiary/aromatic N) is 1. The minimum Gasteiger partial charge on any atom is -0.507 e. The van der Waals surface area contributed by atoms with Crippen molar-refractivity contribution in [2.75, 3.05) is 20.3 Å². The molecule has 1 N–H and O–H groups in total. The van der Waals surface area contributed by atoms with Crippen LogP contribution in [0.4, 0.5) is 0 Å². The molecular formula is C32H35NO6. The Morgan fingerprint density at radius 1 is 1.00 bits per heavy atom. The lowest BCUT2D eigenvalue weighted by molar-refractivity contribution is -0.140. The molecule has 1 aliphatic heterocycles. The summed E-state index contributed by atoms with van der Waals surface area (Å²) in [6.07, 6.45) is 0.621. The number of hydrogen-bond donors (Lipinski definition) is 1. The molecule has 0 saturated carbocycles. The summed E-state index contributed by atoms with van der Waals surface area (Å²) in [5.74, 6) is -0.317. The van der Waals surface area contributed by atoms with Crippen molar-refractivity contribution < 1.29 is 28.9 Å². The lowest BCUT2D eigenvalue weighted by atomic mass is 9.94. The predicted molar refractivity (Wildman–Crippen MR) is 150 cm³/mol. The summed E-state index contributed by atoms with van der Waals surface area (Å²) in [5.41, 5.74) is 3.01. The van der Waals surface area contributed by atoms with Crippen molar-refractivity contribution in [2.45, 2.75) is 45.9 Å². The molecule has 39 heavy (non-hydrogen) atoms. The fraction of sp³-hybridized carbons (Fsp3) is 0.312. The minimum absolute atomic E-state index is 0.0513. The van der Waals surface area contributed by atoms with Gasteiger partial charge in [-0.25, -0.2) is 0 Å². The van der Waals surface area contributed by atoms with Gasteiger partial charge in [-0.2, -0.15) is 0 Å². The van der Waals surface area contributed by atoms with Crippen molar-refractivity contribution >= 4 is 17.4 Å². The van der Waals surface area contributed by atoms with Crippen LogP contribution in [0.15, 0.2) is 78.4 Å². The number of carbonyl (C=O) groups excluding carboxylic acids is 2. The first-order valence-corrected chi connectivity index (χ1v) is 13.1. The van der Waals surface area contributed by atoms with E-state index >= 15 is 0 Å². The number of hydrogen-bond acceptors (Lipinski definition) is 6. The van der Waals surface area contributed by atoms with Crippen molar-refractivity contribution in [3.63, 3.8) is 0 Å². The Kier molecular flexibility index (Phi) is 9.04. The minimum atomic E-state index is -0.756. The highest BCUT2D eigenvalue weighted by Gasteiger charge is 2.46. The molecule has 3 aromatic carbocycles. The van der Waals surface area contributed by atoms with Crippen LogP contribution in [0, 0.1) is 6.92 Å². The van der Waals surface area contributed by atoms with E-state index in [4.69, 9.17) is 14.2 Å². The second kappa shape index (κ2) is 12.6. The van der Waals surface area contributed by atoms with Crippen LogP contribution in [0.1, 0.15) is 48.6 Å². The average Bonchev–Trinajstić information content (AvgIpc) is 3.19. The fourth-order valence-electron chi connectivity index (χ4n) is 4.67. The highest BCUT2D eigenvalue weighted by molar-refractivity contribution is 6.46. The molecule has 3 aromatic rings. The van der Waals surface area contributed by atoms with Crippen molar-refractivity contribution in [3.05, 3.63) is 101 Å². The number of methoxy groups -OCH3 is 1. The van der Waals surface area contributed by atoms with Crippen LogP contribution in [0.3, 0.4) is 0 Å². The second-order valence-electron chi connectivity index (χ2n) is 9.80. The van der Waals surface area contributed by atoms with Gasteiger partial charge < -0.3 is 24.2 Å². The van der Waals surface area contributed by atoms with E-state index in [0.717, 1.165) is 11.1 Å². The van der Waals surface area contributed by atoms with Crippen LogP contribution >= 0.6 is 0 Å². The molecule has 1 amide bonds. The average molecular weight is 530 g/mol. The first-order chi connectivity index (χ1) is 18.8. The Labute approximate surface area is 229 Å². The molecule has 1 heterocycles. The lowest BCUT2D eigenvalue weighted by Gasteiger charge is -2.26. The summed E-state index contributed by atoms with van der Waals surface area (Å²) in [4.78, 5) is 28.0. The Bertz CT molecular complexity index is 1350. The number of Topliss-reactive ketones (excluding diaryl/α,β-unsaturated/α-hetero) is 1. The molecule has 4 rings (SSSR count). The van der Waals surface area contributed by atoms with Gasteiger partial charge in [-0.3, -0.25) is 9.59 Å². The topological polar surface area (TPSA) is 85.3 Å². The molecule has 7 heteroatoms. The third-order valence-corrected chi connectivity index (χ3v) is 6.63. The molecule has 204 valence electrons. The maximum Gasteiger partial charge on any atom is 0.295 e. The Balaban J connectivity index is 1.67. The number of ketones is 1. The van der Waals surface area contributed by atoms with E-state index in [1.807, 2.05) is 57.2 Å². The van der Waals surface area contributed by atoms with Crippen LogP contribution in [-0.2, 0) is 20.9 Å². The maximum atomic E-state index is 13.3. The fourth-order valence-corrected chi connectivity index (χ4v) is 4.67. The van der Waals surface area contributed by atoms with E-state index in [9.17, 15) is 14.7 Å². The standard InChI is InChI=1S/C32H35NO6/c1-21(2)38-17-9-16-33-29(24-12-8-13-26(19-24)37-4)28(31(35)32(33)36)30(34)25-14-15-27(22(3)18-25)39-20-23-10-6-5-7-11-23/h5-8,10-15,18-19,21,29,34H,9,16-17,20H2,1-4H3/b30-28-. The molecule has 7 nitrogen and oxygen atoms in total. The van der Waals surface area contributed by atoms with Gasteiger partial charge in [0, 0.05) is 18.7 Å². The predicted octanol–water partition coefficient (Wildman–Crippen LogP) is 5.82. The summed E-state index contributed by atoms with van der Waals surface area (Å²) in [6, 6.07) is 21.5. The number of ether oxygens (including phenoxy) is 3. The molecule has 0 aromatic heterocycles. The van der Waals surface area contributed by atoms with Gasteiger partial charge in [0.15, 0.2) is 0 Å². The lowest BCUT2D eigenvalue weighted by Crippen LogP contribution is -2.31. The van der Waals surface area contributed by atoms with Crippen LogP contribution < -0.4 is 9.47 Å². The number of rotatable bonds is 11. The first-order valence-electron chi connectivity index (χ1n) is 13.1. The number of carbonyl (C=O) groups is 2. The Hall–Kier alpha value is -4.10. The molecule has 0 bridgehead atoms. The smallest absolute Gasteiger partial charge is 0.295 e. The number of aliphatic hydroxyl groups excluding tert-OH is 1. The zero-order valence-electron chi connectivity index (χ0n) is 22.8. The number of amides is 1. The van der Waals surface area contributed by atoms with Crippen molar-refractivity contribution in [3.8, 4) is 11.5 Å². The van der Waals surface area contributed by atoms with Gasteiger partial charge in [-0.05, 0) is 74.2 Å². The normalized spacial score (nSPS) is 16.6. The summed E-state index contributed by atoms with van der Waals surface area (Å²) >= 11 is 0. The molecule has 0 spiro atoms. The van der Waals surface area contributed by atoms with Gasteiger partial charge >= 0.3 is 0 Å². The van der Waals surface area contributed by atoms with E-state index in [0.29, 0.717) is 48.8 Å². The summed E-state index contributed by atoms with van der Waals surface area (Å²) in [5, 5.41) is 11.4. The number of likely N-dealkylation sites (tertiary alicyclic amines) is 1. The van der Waals surface area contributed by atoms with Crippen LogP contribution in [0.2, 0.25) is 0 Å². The zero-order chi connectivity index (χ0) is 27.9. The SMILES string of the molecule is COc1cccc(C2/C(=C(/O)c3ccc(OCc4ccccc4)c(C)c3)C(=O)C(=O)N2CCCOC(C)C)c1. The third kappa shape index (κ3) is 6.49. The van der Waals surface area contributed by atoms with Gasteiger partial charge in [-0.15, -0.1) is 0 Å². The second-order valence-corrected chi connectivity index (χ2v) is 9.80. The summed E-state index contributed by atoms with van der Waals surface area (Å²) < 4.78 is 17.0. The monoisotopic (exact) mass is 529 g/mol. The van der Waals surface area contributed by atoms with Crippen molar-refractivity contribution in [1.29, 1.82) is 0 Å².